The van der Waals surface area contributed by atoms with Gasteiger partial charge in [0.1, 0.15) is 5.82 Å². The molecule has 1 aliphatic rings. The van der Waals surface area contributed by atoms with Gasteiger partial charge in [0.2, 0.25) is 0 Å². The Bertz CT molecular complexity index is 496. The van der Waals surface area contributed by atoms with Crippen LogP contribution in [0.5, 0.6) is 0 Å². The number of carbonyl (C=O) groups excluding carboxylic acids is 1. The van der Waals surface area contributed by atoms with E-state index < -0.39 is 0 Å². The summed E-state index contributed by atoms with van der Waals surface area (Å²) < 4.78 is 5.12. The largest absolute Gasteiger partial charge is 0.466 e. The SMILES string of the molecule is CCOC(=O)C1CCCN(Cc2nc(NC)ccc2Cl)C1. The minimum absolute atomic E-state index is 0.0371. The van der Waals surface area contributed by atoms with Crippen molar-refractivity contribution in [1.29, 1.82) is 0 Å². The van der Waals surface area contributed by atoms with Crippen LogP contribution < -0.4 is 5.32 Å². The summed E-state index contributed by atoms with van der Waals surface area (Å²) in [5.74, 6) is 0.670. The molecule has 1 N–H and O–H groups in total. The lowest BCUT2D eigenvalue weighted by atomic mass is 9.98. The Morgan fingerprint density at radius 2 is 2.38 bits per heavy atom. The van der Waals surface area contributed by atoms with Gasteiger partial charge in [-0.1, -0.05) is 11.6 Å². The maximum atomic E-state index is 11.9. The molecule has 1 aromatic rings. The molecule has 5 nitrogen and oxygen atoms in total. The first-order chi connectivity index (χ1) is 10.1. The van der Waals surface area contributed by atoms with E-state index in [4.69, 9.17) is 16.3 Å². The molecule has 1 atom stereocenters. The summed E-state index contributed by atoms with van der Waals surface area (Å²) in [6.07, 6.45) is 1.89. The maximum Gasteiger partial charge on any atom is 0.310 e. The van der Waals surface area contributed by atoms with Crippen molar-refractivity contribution < 1.29 is 9.53 Å². The van der Waals surface area contributed by atoms with Gasteiger partial charge in [-0.05, 0) is 38.4 Å². The second-order valence-electron chi connectivity index (χ2n) is 5.20. The number of esters is 1. The van der Waals surface area contributed by atoms with Crippen molar-refractivity contribution in [3.05, 3.63) is 22.8 Å². The number of hydrogen-bond donors (Lipinski definition) is 1. The van der Waals surface area contributed by atoms with E-state index in [0.29, 0.717) is 24.7 Å². The van der Waals surface area contributed by atoms with E-state index in [-0.39, 0.29) is 11.9 Å². The van der Waals surface area contributed by atoms with Crippen LogP contribution in [0.15, 0.2) is 12.1 Å². The number of halogens is 1. The Balaban J connectivity index is 2.00. The van der Waals surface area contributed by atoms with Gasteiger partial charge >= 0.3 is 5.97 Å². The van der Waals surface area contributed by atoms with Crippen molar-refractivity contribution >= 4 is 23.4 Å². The Morgan fingerprint density at radius 3 is 3.10 bits per heavy atom. The summed E-state index contributed by atoms with van der Waals surface area (Å²) in [4.78, 5) is 18.6. The van der Waals surface area contributed by atoms with E-state index in [2.05, 4.69) is 15.2 Å². The summed E-state index contributed by atoms with van der Waals surface area (Å²) in [6, 6.07) is 3.70. The number of nitrogens with zero attached hydrogens (tertiary/aromatic N) is 2. The van der Waals surface area contributed by atoms with E-state index >= 15 is 0 Å². The number of likely N-dealkylation sites (tertiary alicyclic amines) is 1. The van der Waals surface area contributed by atoms with Crippen molar-refractivity contribution in [2.45, 2.75) is 26.3 Å². The zero-order valence-electron chi connectivity index (χ0n) is 12.6. The monoisotopic (exact) mass is 311 g/mol. The molecule has 0 amide bonds. The van der Waals surface area contributed by atoms with E-state index in [9.17, 15) is 4.79 Å². The second-order valence-corrected chi connectivity index (χ2v) is 5.61. The predicted octanol–water partition coefficient (Wildman–Crippen LogP) is 2.55. The number of aromatic nitrogens is 1. The fourth-order valence-corrected chi connectivity index (χ4v) is 2.76. The van der Waals surface area contributed by atoms with Crippen LogP contribution in [-0.4, -0.2) is 42.6 Å². The average molecular weight is 312 g/mol. The van der Waals surface area contributed by atoms with Crippen LogP contribution in [0.3, 0.4) is 0 Å². The highest BCUT2D eigenvalue weighted by atomic mass is 35.5. The number of ether oxygens (including phenoxy) is 1. The summed E-state index contributed by atoms with van der Waals surface area (Å²) >= 11 is 6.21. The van der Waals surface area contributed by atoms with Crippen LogP contribution in [0.1, 0.15) is 25.5 Å². The summed E-state index contributed by atoms with van der Waals surface area (Å²) in [6.45, 7) is 4.60. The number of anilines is 1. The molecule has 2 heterocycles. The van der Waals surface area contributed by atoms with E-state index in [1.54, 1.807) is 0 Å². The van der Waals surface area contributed by atoms with Crippen molar-refractivity contribution in [2.24, 2.45) is 5.92 Å². The van der Waals surface area contributed by atoms with Gasteiger partial charge in [0.25, 0.3) is 0 Å². The third-order valence-electron chi connectivity index (χ3n) is 3.67. The van der Waals surface area contributed by atoms with Crippen LogP contribution in [0.25, 0.3) is 0 Å². The summed E-state index contributed by atoms with van der Waals surface area (Å²) in [7, 11) is 1.83. The first kappa shape index (κ1) is 16.0. The molecule has 0 spiro atoms. The van der Waals surface area contributed by atoms with Crippen molar-refractivity contribution in [2.75, 3.05) is 32.1 Å². The Kier molecular flexibility index (Phi) is 5.82. The Morgan fingerprint density at radius 1 is 1.57 bits per heavy atom. The average Bonchev–Trinajstić information content (AvgIpc) is 2.50. The van der Waals surface area contributed by atoms with Gasteiger partial charge in [-0.2, -0.15) is 0 Å². The molecule has 0 bridgehead atoms. The normalized spacial score (nSPS) is 19.3. The highest BCUT2D eigenvalue weighted by Gasteiger charge is 2.27. The Hall–Kier alpha value is -1.33. The summed E-state index contributed by atoms with van der Waals surface area (Å²) in [5.41, 5.74) is 0.841. The van der Waals surface area contributed by atoms with Gasteiger partial charge in [-0.3, -0.25) is 9.69 Å². The van der Waals surface area contributed by atoms with Gasteiger partial charge in [0.05, 0.1) is 23.2 Å². The van der Waals surface area contributed by atoms with Crippen LogP contribution in [0, 0.1) is 5.92 Å². The van der Waals surface area contributed by atoms with Gasteiger partial charge < -0.3 is 10.1 Å². The maximum absolute atomic E-state index is 11.9. The zero-order chi connectivity index (χ0) is 15.2. The molecule has 0 aromatic carbocycles. The predicted molar refractivity (Wildman–Crippen MR) is 83.4 cm³/mol. The quantitative estimate of drug-likeness (QED) is 0.847. The summed E-state index contributed by atoms with van der Waals surface area (Å²) in [5, 5.41) is 3.67. The molecule has 1 saturated heterocycles. The van der Waals surface area contributed by atoms with Crippen LogP contribution in [0.4, 0.5) is 5.82 Å². The molecular weight excluding hydrogens is 290 g/mol. The van der Waals surface area contributed by atoms with Crippen LogP contribution in [0.2, 0.25) is 5.02 Å². The smallest absolute Gasteiger partial charge is 0.310 e. The molecule has 1 aromatic heterocycles. The molecule has 1 fully saturated rings. The molecule has 0 radical (unpaired) electrons. The first-order valence-corrected chi connectivity index (χ1v) is 7.74. The number of piperidine rings is 1. The van der Waals surface area contributed by atoms with Gasteiger partial charge in [-0.25, -0.2) is 4.98 Å². The fourth-order valence-electron chi connectivity index (χ4n) is 2.60. The molecule has 6 heteroatoms. The lowest BCUT2D eigenvalue weighted by molar-refractivity contribution is -0.150. The molecule has 0 aliphatic carbocycles. The standard InChI is InChI=1S/C15H22ClN3O2/c1-3-21-15(20)11-5-4-8-19(9-11)10-13-12(16)6-7-14(17-2)18-13/h6-7,11H,3-5,8-10H2,1-2H3,(H,17,18). The molecular formula is C15H22ClN3O2. The van der Waals surface area contributed by atoms with E-state index in [0.717, 1.165) is 30.9 Å². The number of hydrogen-bond acceptors (Lipinski definition) is 5. The highest BCUT2D eigenvalue weighted by molar-refractivity contribution is 6.31. The molecule has 116 valence electrons. The zero-order valence-corrected chi connectivity index (χ0v) is 13.3. The number of rotatable bonds is 5. The lowest BCUT2D eigenvalue weighted by Crippen LogP contribution is -2.39. The Labute approximate surface area is 130 Å². The first-order valence-electron chi connectivity index (χ1n) is 7.36. The topological polar surface area (TPSA) is 54.5 Å². The number of nitrogens with one attached hydrogen (secondary N) is 1. The molecule has 1 unspecified atom stereocenters. The van der Waals surface area contributed by atoms with Gasteiger partial charge in [-0.15, -0.1) is 0 Å². The lowest BCUT2D eigenvalue weighted by Gasteiger charge is -2.31. The van der Waals surface area contributed by atoms with Crippen LogP contribution in [-0.2, 0) is 16.1 Å². The minimum atomic E-state index is -0.0924. The second kappa shape index (κ2) is 7.61. The third kappa shape index (κ3) is 4.32. The molecule has 2 rings (SSSR count). The molecule has 0 saturated carbocycles. The number of carbonyl (C=O) groups is 1. The molecule has 21 heavy (non-hydrogen) atoms. The van der Waals surface area contributed by atoms with Crippen molar-refractivity contribution in [3.8, 4) is 0 Å². The molecule has 1 aliphatic heterocycles. The van der Waals surface area contributed by atoms with Crippen molar-refractivity contribution in [1.82, 2.24) is 9.88 Å². The van der Waals surface area contributed by atoms with E-state index in [1.807, 2.05) is 26.1 Å². The van der Waals surface area contributed by atoms with Gasteiger partial charge in [0.15, 0.2) is 0 Å². The van der Waals surface area contributed by atoms with Crippen molar-refractivity contribution in [3.63, 3.8) is 0 Å². The minimum Gasteiger partial charge on any atom is -0.466 e. The van der Waals surface area contributed by atoms with E-state index in [1.165, 1.54) is 0 Å². The fraction of sp³-hybridized carbons (Fsp3) is 0.600. The number of pyridine rings is 1. The third-order valence-corrected chi connectivity index (χ3v) is 4.02. The van der Waals surface area contributed by atoms with Crippen LogP contribution >= 0.6 is 11.6 Å². The highest BCUT2D eigenvalue weighted by Crippen LogP contribution is 2.23. The van der Waals surface area contributed by atoms with Gasteiger partial charge in [0, 0.05) is 20.1 Å².